The largest absolute Gasteiger partial charge is 0.508 e. The zero-order chi connectivity index (χ0) is 15.6. The summed E-state index contributed by atoms with van der Waals surface area (Å²) in [6, 6.07) is 5.23. The van der Waals surface area contributed by atoms with E-state index in [9.17, 15) is 9.90 Å². The van der Waals surface area contributed by atoms with E-state index in [4.69, 9.17) is 4.74 Å². The second-order valence-corrected chi connectivity index (χ2v) is 6.92. The molecule has 0 bridgehead atoms. The van der Waals surface area contributed by atoms with Gasteiger partial charge in [0.25, 0.3) is 0 Å². The molecular formula is C16H20BrNO3. The summed E-state index contributed by atoms with van der Waals surface area (Å²) in [6.45, 7) is 6.77. The van der Waals surface area contributed by atoms with Crippen molar-refractivity contribution in [2.24, 2.45) is 0 Å². The van der Waals surface area contributed by atoms with Crippen LogP contribution in [0.25, 0.3) is 5.57 Å². The number of halogens is 1. The average Bonchev–Trinajstić information content (AvgIpc) is 2.37. The van der Waals surface area contributed by atoms with Gasteiger partial charge in [-0.2, -0.15) is 0 Å². The van der Waals surface area contributed by atoms with Crippen molar-refractivity contribution >= 4 is 27.6 Å². The number of hydrogen-bond acceptors (Lipinski definition) is 3. The van der Waals surface area contributed by atoms with Gasteiger partial charge in [0, 0.05) is 17.6 Å². The lowest BCUT2D eigenvalue weighted by Gasteiger charge is -2.29. The van der Waals surface area contributed by atoms with E-state index in [0.717, 1.165) is 16.5 Å². The third-order valence-electron chi connectivity index (χ3n) is 3.16. The Morgan fingerprint density at radius 3 is 2.62 bits per heavy atom. The maximum atomic E-state index is 12.0. The molecule has 1 aromatic rings. The highest BCUT2D eigenvalue weighted by atomic mass is 79.9. The summed E-state index contributed by atoms with van der Waals surface area (Å²) in [6.07, 6.45) is 2.52. The predicted molar refractivity (Wildman–Crippen MR) is 86.2 cm³/mol. The zero-order valence-electron chi connectivity index (χ0n) is 12.5. The van der Waals surface area contributed by atoms with Crippen LogP contribution in [0.15, 0.2) is 28.7 Å². The Balaban J connectivity index is 2.07. The number of hydrogen-bond donors (Lipinski definition) is 1. The third-order valence-corrected chi connectivity index (χ3v) is 3.82. The van der Waals surface area contributed by atoms with Crippen LogP contribution in [0.2, 0.25) is 0 Å². The first-order valence-corrected chi connectivity index (χ1v) is 7.71. The number of nitrogens with zero attached hydrogens (tertiary/aromatic N) is 1. The van der Waals surface area contributed by atoms with E-state index in [-0.39, 0.29) is 11.8 Å². The Hall–Kier alpha value is -1.49. The maximum Gasteiger partial charge on any atom is 0.410 e. The second-order valence-electron chi connectivity index (χ2n) is 6.07. The minimum absolute atomic E-state index is 0.234. The molecule has 0 aliphatic carbocycles. The molecule has 1 aromatic carbocycles. The summed E-state index contributed by atoms with van der Waals surface area (Å²) >= 11 is 3.46. The quantitative estimate of drug-likeness (QED) is 0.823. The van der Waals surface area contributed by atoms with Gasteiger partial charge in [-0.25, -0.2) is 4.79 Å². The lowest BCUT2D eigenvalue weighted by molar-refractivity contribution is 0.0270. The predicted octanol–water partition coefficient (Wildman–Crippen LogP) is 4.18. The maximum absolute atomic E-state index is 12.0. The monoisotopic (exact) mass is 353 g/mol. The molecule has 0 spiro atoms. The summed E-state index contributed by atoms with van der Waals surface area (Å²) in [7, 11) is 0. The van der Waals surface area contributed by atoms with Gasteiger partial charge < -0.3 is 14.7 Å². The average molecular weight is 354 g/mol. The lowest BCUT2D eigenvalue weighted by atomic mass is 9.99. The minimum atomic E-state index is -0.471. The second kappa shape index (κ2) is 6.10. The number of amides is 1. The number of rotatable bonds is 1. The number of phenolic OH excluding ortho intramolecular Hbond substituents is 1. The summed E-state index contributed by atoms with van der Waals surface area (Å²) in [4.78, 5) is 13.7. The number of carbonyl (C=O) groups is 1. The Kier molecular flexibility index (Phi) is 4.61. The van der Waals surface area contributed by atoms with Gasteiger partial charge in [0.2, 0.25) is 0 Å². The highest BCUT2D eigenvalue weighted by Crippen LogP contribution is 2.31. The van der Waals surface area contributed by atoms with E-state index in [0.29, 0.717) is 13.1 Å². The van der Waals surface area contributed by atoms with Gasteiger partial charge in [0.15, 0.2) is 0 Å². The molecule has 0 atom stereocenters. The summed E-state index contributed by atoms with van der Waals surface area (Å²) < 4.78 is 6.23. The van der Waals surface area contributed by atoms with Crippen molar-refractivity contribution in [2.75, 3.05) is 13.1 Å². The molecule has 0 radical (unpaired) electrons. The fraction of sp³-hybridized carbons (Fsp3) is 0.438. The van der Waals surface area contributed by atoms with E-state index in [2.05, 4.69) is 15.9 Å². The fourth-order valence-electron chi connectivity index (χ4n) is 2.17. The van der Waals surface area contributed by atoms with E-state index in [1.807, 2.05) is 32.9 Å². The molecule has 5 heteroatoms. The van der Waals surface area contributed by atoms with Crippen molar-refractivity contribution < 1.29 is 14.6 Å². The van der Waals surface area contributed by atoms with Crippen LogP contribution in [0.1, 0.15) is 32.8 Å². The Morgan fingerprint density at radius 2 is 2.10 bits per heavy atom. The molecular weight excluding hydrogens is 334 g/mol. The van der Waals surface area contributed by atoms with Crippen LogP contribution in [-0.2, 0) is 4.74 Å². The molecule has 21 heavy (non-hydrogen) atoms. The summed E-state index contributed by atoms with van der Waals surface area (Å²) in [5.41, 5.74) is 1.75. The first-order chi connectivity index (χ1) is 9.76. The van der Waals surface area contributed by atoms with Gasteiger partial charge in [0.1, 0.15) is 11.4 Å². The zero-order valence-corrected chi connectivity index (χ0v) is 14.1. The van der Waals surface area contributed by atoms with Crippen molar-refractivity contribution in [1.82, 2.24) is 4.90 Å². The molecule has 0 saturated heterocycles. The Bertz CT molecular complexity index is 575. The minimum Gasteiger partial charge on any atom is -0.508 e. The van der Waals surface area contributed by atoms with E-state index < -0.39 is 5.60 Å². The molecule has 4 nitrogen and oxygen atoms in total. The Labute approximate surface area is 133 Å². The van der Waals surface area contributed by atoms with Crippen LogP contribution in [0, 0.1) is 0 Å². The third kappa shape index (κ3) is 4.24. The van der Waals surface area contributed by atoms with Gasteiger partial charge >= 0.3 is 6.09 Å². The van der Waals surface area contributed by atoms with Crippen LogP contribution < -0.4 is 0 Å². The SMILES string of the molecule is CC(C)(C)OC(=O)N1CC=C(c2ccc(O)cc2Br)CC1. The molecule has 0 aromatic heterocycles. The Morgan fingerprint density at radius 1 is 1.38 bits per heavy atom. The van der Waals surface area contributed by atoms with Crippen LogP contribution in [-0.4, -0.2) is 34.8 Å². The number of benzene rings is 1. The van der Waals surface area contributed by atoms with Gasteiger partial charge in [-0.05, 0) is 56.5 Å². The van der Waals surface area contributed by atoms with Gasteiger partial charge in [-0.3, -0.25) is 0 Å². The number of ether oxygens (including phenoxy) is 1. The number of aromatic hydroxyl groups is 1. The van der Waals surface area contributed by atoms with Gasteiger partial charge in [0.05, 0.1) is 0 Å². The van der Waals surface area contributed by atoms with Crippen LogP contribution in [0.4, 0.5) is 4.79 Å². The molecule has 0 fully saturated rings. The molecule has 0 saturated carbocycles. The van der Waals surface area contributed by atoms with E-state index in [1.165, 1.54) is 5.57 Å². The van der Waals surface area contributed by atoms with E-state index >= 15 is 0 Å². The molecule has 0 unspecified atom stereocenters. The van der Waals surface area contributed by atoms with Crippen LogP contribution in [0.5, 0.6) is 5.75 Å². The first-order valence-electron chi connectivity index (χ1n) is 6.92. The van der Waals surface area contributed by atoms with Crippen molar-refractivity contribution in [2.45, 2.75) is 32.8 Å². The first kappa shape index (κ1) is 15.9. The summed E-state index contributed by atoms with van der Waals surface area (Å²) in [5.74, 6) is 0.234. The normalized spacial score (nSPS) is 15.6. The topological polar surface area (TPSA) is 49.8 Å². The van der Waals surface area contributed by atoms with E-state index in [1.54, 1.807) is 17.0 Å². The summed E-state index contributed by atoms with van der Waals surface area (Å²) in [5, 5.41) is 9.44. The van der Waals surface area contributed by atoms with Gasteiger partial charge in [-0.15, -0.1) is 0 Å². The van der Waals surface area contributed by atoms with Crippen LogP contribution in [0.3, 0.4) is 0 Å². The molecule has 1 N–H and O–H groups in total. The van der Waals surface area contributed by atoms with Crippen molar-refractivity contribution in [1.29, 1.82) is 0 Å². The molecule has 1 aliphatic heterocycles. The molecule has 1 aliphatic rings. The standard InChI is InChI=1S/C16H20BrNO3/c1-16(2,3)21-15(20)18-8-6-11(7-9-18)13-5-4-12(19)10-14(13)17/h4-6,10,19H,7-9H2,1-3H3. The van der Waals surface area contributed by atoms with Crippen molar-refractivity contribution in [3.05, 3.63) is 34.3 Å². The molecule has 2 rings (SSSR count). The van der Waals surface area contributed by atoms with Crippen LogP contribution >= 0.6 is 15.9 Å². The lowest BCUT2D eigenvalue weighted by Crippen LogP contribution is -2.39. The van der Waals surface area contributed by atoms with Crippen molar-refractivity contribution in [3.63, 3.8) is 0 Å². The van der Waals surface area contributed by atoms with Crippen molar-refractivity contribution in [3.8, 4) is 5.75 Å². The highest BCUT2D eigenvalue weighted by molar-refractivity contribution is 9.10. The molecule has 1 heterocycles. The fourth-order valence-corrected chi connectivity index (χ4v) is 2.79. The molecule has 1 amide bonds. The number of carbonyl (C=O) groups excluding carboxylic acids is 1. The van der Waals surface area contributed by atoms with Gasteiger partial charge in [-0.1, -0.05) is 22.0 Å². The highest BCUT2D eigenvalue weighted by Gasteiger charge is 2.24. The molecule has 114 valence electrons. The number of phenols is 1. The smallest absolute Gasteiger partial charge is 0.410 e.